The van der Waals surface area contributed by atoms with Crippen molar-refractivity contribution in [1.29, 1.82) is 0 Å². The second-order valence-corrected chi connectivity index (χ2v) is 3.74. The summed E-state index contributed by atoms with van der Waals surface area (Å²) in [6.07, 6.45) is 4.67. The first-order valence-corrected chi connectivity index (χ1v) is 4.57. The van der Waals surface area contributed by atoms with Crippen molar-refractivity contribution in [3.63, 3.8) is 0 Å². The van der Waals surface area contributed by atoms with Crippen LogP contribution in [-0.4, -0.2) is 5.92 Å². The lowest BCUT2D eigenvalue weighted by molar-refractivity contribution is 0.0567. The van der Waals surface area contributed by atoms with Crippen LogP contribution in [0.2, 0.25) is 0 Å². The smallest absolute Gasteiger partial charge is 0.206 e. The zero-order chi connectivity index (χ0) is 9.24. The van der Waals surface area contributed by atoms with Gasteiger partial charge in [-0.25, -0.2) is 8.78 Å². The van der Waals surface area contributed by atoms with Gasteiger partial charge in [0.2, 0.25) is 0 Å². The minimum atomic E-state index is -2.38. The van der Waals surface area contributed by atoms with Crippen molar-refractivity contribution in [2.45, 2.75) is 45.0 Å². The quantitative estimate of drug-likeness (QED) is 0.556. The van der Waals surface area contributed by atoms with E-state index in [2.05, 4.69) is 6.58 Å². The average Bonchev–Trinajstić information content (AvgIpc) is 2.51. The van der Waals surface area contributed by atoms with E-state index in [0.717, 1.165) is 12.8 Å². The summed E-state index contributed by atoms with van der Waals surface area (Å²) in [6.45, 7) is 5.52. The van der Waals surface area contributed by atoms with Gasteiger partial charge in [-0.2, -0.15) is 0 Å². The third-order valence-electron chi connectivity index (χ3n) is 2.77. The first-order valence-electron chi connectivity index (χ1n) is 4.57. The molecule has 1 unspecified atom stereocenters. The van der Waals surface area contributed by atoms with Crippen LogP contribution in [0.1, 0.15) is 39.0 Å². The van der Waals surface area contributed by atoms with Crippen LogP contribution in [0.25, 0.3) is 0 Å². The molecule has 70 valence electrons. The van der Waals surface area contributed by atoms with Crippen LogP contribution in [0, 0.1) is 5.41 Å². The molecule has 0 aromatic carbocycles. The summed E-state index contributed by atoms with van der Waals surface area (Å²) in [5.74, 6) is -2.38. The van der Waals surface area contributed by atoms with Gasteiger partial charge in [0.15, 0.2) is 0 Å². The van der Waals surface area contributed by atoms with Crippen LogP contribution < -0.4 is 0 Å². The minimum Gasteiger partial charge on any atom is -0.206 e. The maximum atomic E-state index is 12.9. The molecule has 1 rings (SSSR count). The van der Waals surface area contributed by atoms with Crippen LogP contribution in [0.3, 0.4) is 0 Å². The molecule has 0 aromatic rings. The molecule has 1 saturated carbocycles. The summed E-state index contributed by atoms with van der Waals surface area (Å²) in [6, 6.07) is 0. The Hall–Kier alpha value is -0.400. The third kappa shape index (κ3) is 1.52. The highest BCUT2D eigenvalue weighted by Crippen LogP contribution is 2.65. The monoisotopic (exact) mass is 174 g/mol. The van der Waals surface area contributed by atoms with Crippen molar-refractivity contribution < 1.29 is 8.78 Å². The van der Waals surface area contributed by atoms with Crippen LogP contribution >= 0.6 is 0 Å². The number of allylic oxidation sites excluding steroid dienone is 1. The summed E-state index contributed by atoms with van der Waals surface area (Å²) < 4.78 is 25.9. The van der Waals surface area contributed by atoms with Gasteiger partial charge in [-0.1, -0.05) is 19.4 Å². The highest BCUT2D eigenvalue weighted by Gasteiger charge is 2.69. The number of hydrogen-bond donors (Lipinski definition) is 0. The van der Waals surface area contributed by atoms with Gasteiger partial charge in [-0.05, 0) is 19.3 Å². The lowest BCUT2D eigenvalue weighted by Crippen LogP contribution is -2.10. The Labute approximate surface area is 72.7 Å². The average molecular weight is 174 g/mol. The minimum absolute atomic E-state index is 0.0989. The van der Waals surface area contributed by atoms with Crippen LogP contribution in [0.5, 0.6) is 0 Å². The highest BCUT2D eigenvalue weighted by molar-refractivity contribution is 5.09. The Morgan fingerprint density at radius 1 is 1.42 bits per heavy atom. The van der Waals surface area contributed by atoms with E-state index in [1.54, 1.807) is 6.08 Å². The van der Waals surface area contributed by atoms with Crippen molar-refractivity contribution in [2.24, 2.45) is 5.41 Å². The summed E-state index contributed by atoms with van der Waals surface area (Å²) >= 11 is 0. The van der Waals surface area contributed by atoms with E-state index in [1.165, 1.54) is 0 Å². The predicted molar refractivity (Wildman–Crippen MR) is 46.3 cm³/mol. The van der Waals surface area contributed by atoms with Crippen molar-refractivity contribution >= 4 is 0 Å². The zero-order valence-electron chi connectivity index (χ0n) is 7.58. The molecule has 0 bridgehead atoms. The Morgan fingerprint density at radius 3 is 2.33 bits per heavy atom. The molecule has 1 aliphatic carbocycles. The van der Waals surface area contributed by atoms with Gasteiger partial charge in [0.05, 0.1) is 0 Å². The molecule has 2 heteroatoms. The van der Waals surface area contributed by atoms with E-state index in [9.17, 15) is 8.78 Å². The highest BCUT2D eigenvalue weighted by atomic mass is 19.3. The fourth-order valence-corrected chi connectivity index (χ4v) is 1.91. The summed E-state index contributed by atoms with van der Waals surface area (Å²) in [7, 11) is 0. The molecule has 1 aliphatic rings. The van der Waals surface area contributed by atoms with E-state index in [1.807, 2.05) is 6.92 Å². The normalized spacial score (nSPS) is 31.6. The van der Waals surface area contributed by atoms with Crippen molar-refractivity contribution in [3.8, 4) is 0 Å². The zero-order valence-corrected chi connectivity index (χ0v) is 7.58. The Kier molecular flexibility index (Phi) is 2.55. The number of alkyl halides is 2. The topological polar surface area (TPSA) is 0 Å². The molecule has 0 radical (unpaired) electrons. The first kappa shape index (κ1) is 9.69. The van der Waals surface area contributed by atoms with E-state index >= 15 is 0 Å². The molecule has 0 spiro atoms. The lowest BCUT2D eigenvalue weighted by Gasteiger charge is -2.13. The van der Waals surface area contributed by atoms with Gasteiger partial charge in [0.1, 0.15) is 0 Å². The molecular formula is C10H16F2. The van der Waals surface area contributed by atoms with Gasteiger partial charge in [-0.15, -0.1) is 6.58 Å². The maximum Gasteiger partial charge on any atom is 0.254 e. The van der Waals surface area contributed by atoms with Gasteiger partial charge in [0, 0.05) is 11.8 Å². The van der Waals surface area contributed by atoms with Crippen LogP contribution in [0.4, 0.5) is 8.78 Å². The van der Waals surface area contributed by atoms with Gasteiger partial charge >= 0.3 is 0 Å². The van der Waals surface area contributed by atoms with Crippen LogP contribution in [0.15, 0.2) is 12.7 Å². The van der Waals surface area contributed by atoms with Crippen molar-refractivity contribution in [1.82, 2.24) is 0 Å². The Bertz CT molecular complexity index is 175. The molecule has 12 heavy (non-hydrogen) atoms. The second-order valence-electron chi connectivity index (χ2n) is 3.74. The molecule has 0 amide bonds. The Balaban J connectivity index is 2.47. The SMILES string of the molecule is C=CCCC1(CCC)CC1(F)F. The van der Waals surface area contributed by atoms with Crippen molar-refractivity contribution in [2.75, 3.05) is 0 Å². The number of rotatable bonds is 5. The first-order chi connectivity index (χ1) is 5.58. The molecular weight excluding hydrogens is 158 g/mol. The molecule has 0 aliphatic heterocycles. The van der Waals surface area contributed by atoms with E-state index in [4.69, 9.17) is 0 Å². The van der Waals surface area contributed by atoms with Crippen LogP contribution in [-0.2, 0) is 0 Å². The van der Waals surface area contributed by atoms with E-state index < -0.39 is 11.3 Å². The van der Waals surface area contributed by atoms with E-state index in [-0.39, 0.29) is 6.42 Å². The second kappa shape index (κ2) is 3.15. The largest absolute Gasteiger partial charge is 0.254 e. The molecule has 0 saturated heterocycles. The maximum absolute atomic E-state index is 12.9. The van der Waals surface area contributed by atoms with Gasteiger partial charge < -0.3 is 0 Å². The molecule has 0 aromatic heterocycles. The van der Waals surface area contributed by atoms with Crippen molar-refractivity contribution in [3.05, 3.63) is 12.7 Å². The Morgan fingerprint density at radius 2 is 2.00 bits per heavy atom. The summed E-state index contributed by atoms with van der Waals surface area (Å²) in [5, 5.41) is 0. The molecule has 1 atom stereocenters. The third-order valence-corrected chi connectivity index (χ3v) is 2.77. The van der Waals surface area contributed by atoms with E-state index in [0.29, 0.717) is 12.8 Å². The lowest BCUT2D eigenvalue weighted by atomic mass is 9.94. The number of halogens is 2. The van der Waals surface area contributed by atoms with Gasteiger partial charge in [-0.3, -0.25) is 0 Å². The molecule has 0 nitrogen and oxygen atoms in total. The molecule has 1 fully saturated rings. The summed E-state index contributed by atoms with van der Waals surface area (Å²) in [4.78, 5) is 0. The molecule has 0 N–H and O–H groups in total. The van der Waals surface area contributed by atoms with Gasteiger partial charge in [0.25, 0.3) is 5.92 Å². The fraction of sp³-hybridized carbons (Fsp3) is 0.800. The predicted octanol–water partition coefficient (Wildman–Crippen LogP) is 3.78. The fourth-order valence-electron chi connectivity index (χ4n) is 1.91. The number of hydrogen-bond acceptors (Lipinski definition) is 0. The standard InChI is InChI=1S/C10H16F2/c1-3-5-7-9(6-4-2)8-10(9,11)12/h3H,1,4-8H2,2H3. The summed E-state index contributed by atoms with van der Waals surface area (Å²) in [5.41, 5.74) is -0.657. The molecule has 0 heterocycles.